The Morgan fingerprint density at radius 3 is 2.67 bits per heavy atom. The Morgan fingerprint density at radius 2 is 2.08 bits per heavy atom. The van der Waals surface area contributed by atoms with Crippen LogP contribution in [0.3, 0.4) is 0 Å². The molecule has 0 amide bonds. The summed E-state index contributed by atoms with van der Waals surface area (Å²) in [4.78, 5) is 0. The normalized spacial score (nSPS) is 11.2. The van der Waals surface area contributed by atoms with Crippen LogP contribution in [0, 0.1) is 0 Å². The van der Waals surface area contributed by atoms with Gasteiger partial charge in [-0.25, -0.2) is 0 Å². The smallest absolute Gasteiger partial charge is 0.179 e. The summed E-state index contributed by atoms with van der Waals surface area (Å²) in [7, 11) is 0. The van der Waals surface area contributed by atoms with Crippen molar-refractivity contribution in [3.05, 3.63) is 47.9 Å². The fraction of sp³-hybridized carbons (Fsp3) is 0.200. The molecule has 0 atom stereocenters. The van der Waals surface area contributed by atoms with Gasteiger partial charge in [-0.2, -0.15) is 0 Å². The molecule has 0 aliphatic carbocycles. The summed E-state index contributed by atoms with van der Waals surface area (Å²) in [5.74, 6) is 0.471. The molecule has 0 saturated carbocycles. The number of ether oxygens (including phenoxy) is 1. The van der Waals surface area contributed by atoms with Crippen LogP contribution in [0.5, 0.6) is 0 Å². The third-order valence-corrected chi connectivity index (χ3v) is 1.53. The molecule has 2 nitrogen and oxygen atoms in total. The van der Waals surface area contributed by atoms with E-state index in [2.05, 4.69) is 0 Å². The molecule has 0 spiro atoms. The first kappa shape index (κ1) is 8.65. The van der Waals surface area contributed by atoms with Gasteiger partial charge in [0, 0.05) is 0 Å². The van der Waals surface area contributed by atoms with Crippen LogP contribution in [0.1, 0.15) is 12.5 Å². The van der Waals surface area contributed by atoms with Gasteiger partial charge < -0.3 is 10.5 Å². The standard InChI is InChI=1S/C10H13NO/c1-2-10(11)12-8-9-6-4-3-5-7-9/h2-7H,8,11H2,1H3. The Morgan fingerprint density at radius 1 is 1.42 bits per heavy atom. The van der Waals surface area contributed by atoms with E-state index in [0.717, 1.165) is 5.56 Å². The molecule has 0 heterocycles. The van der Waals surface area contributed by atoms with Crippen LogP contribution in [0.25, 0.3) is 0 Å². The SMILES string of the molecule is CC=C(N)OCc1ccccc1. The van der Waals surface area contributed by atoms with E-state index >= 15 is 0 Å². The van der Waals surface area contributed by atoms with E-state index in [1.807, 2.05) is 37.3 Å². The van der Waals surface area contributed by atoms with Crippen LogP contribution in [0.15, 0.2) is 42.3 Å². The number of nitrogens with two attached hydrogens (primary N) is 1. The lowest BCUT2D eigenvalue weighted by atomic mass is 10.2. The van der Waals surface area contributed by atoms with Gasteiger partial charge in [-0.1, -0.05) is 30.3 Å². The third-order valence-electron chi connectivity index (χ3n) is 1.53. The molecule has 0 bridgehead atoms. The van der Waals surface area contributed by atoms with Crippen molar-refractivity contribution in [2.75, 3.05) is 0 Å². The van der Waals surface area contributed by atoms with Crippen molar-refractivity contribution < 1.29 is 4.74 Å². The molecular formula is C10H13NO. The molecule has 0 saturated heterocycles. The van der Waals surface area contributed by atoms with E-state index in [-0.39, 0.29) is 0 Å². The maximum Gasteiger partial charge on any atom is 0.179 e. The van der Waals surface area contributed by atoms with E-state index in [1.165, 1.54) is 0 Å². The molecular weight excluding hydrogens is 150 g/mol. The number of benzene rings is 1. The van der Waals surface area contributed by atoms with Crippen LogP contribution < -0.4 is 5.73 Å². The largest absolute Gasteiger partial charge is 0.475 e. The van der Waals surface area contributed by atoms with E-state index in [9.17, 15) is 0 Å². The van der Waals surface area contributed by atoms with Gasteiger partial charge in [0.15, 0.2) is 5.88 Å². The van der Waals surface area contributed by atoms with Crippen molar-refractivity contribution in [1.82, 2.24) is 0 Å². The van der Waals surface area contributed by atoms with Gasteiger partial charge in [-0.3, -0.25) is 0 Å². The first-order valence-electron chi connectivity index (χ1n) is 3.91. The van der Waals surface area contributed by atoms with Crippen molar-refractivity contribution in [3.8, 4) is 0 Å². The van der Waals surface area contributed by atoms with Crippen LogP contribution in [-0.4, -0.2) is 0 Å². The molecule has 64 valence electrons. The minimum atomic E-state index is 0.471. The fourth-order valence-corrected chi connectivity index (χ4v) is 0.824. The Kier molecular flexibility index (Phi) is 3.20. The van der Waals surface area contributed by atoms with Crippen molar-refractivity contribution >= 4 is 0 Å². The summed E-state index contributed by atoms with van der Waals surface area (Å²) < 4.78 is 5.22. The molecule has 0 aliphatic rings. The minimum absolute atomic E-state index is 0.471. The molecule has 0 radical (unpaired) electrons. The van der Waals surface area contributed by atoms with E-state index < -0.39 is 0 Å². The lowest BCUT2D eigenvalue weighted by Gasteiger charge is -2.04. The highest BCUT2D eigenvalue weighted by molar-refractivity contribution is 5.13. The summed E-state index contributed by atoms with van der Waals surface area (Å²) in [6, 6.07) is 9.93. The Labute approximate surface area is 72.7 Å². The first-order chi connectivity index (χ1) is 5.83. The number of rotatable bonds is 3. The third kappa shape index (κ3) is 2.66. The molecule has 0 aromatic heterocycles. The highest BCUT2D eigenvalue weighted by Crippen LogP contribution is 2.02. The Bertz CT molecular complexity index is 254. The summed E-state index contributed by atoms with van der Waals surface area (Å²) in [6.07, 6.45) is 1.74. The van der Waals surface area contributed by atoms with Crippen molar-refractivity contribution in [2.45, 2.75) is 13.5 Å². The molecule has 1 rings (SSSR count). The van der Waals surface area contributed by atoms with E-state index in [0.29, 0.717) is 12.5 Å². The second-order valence-electron chi connectivity index (χ2n) is 2.47. The predicted molar refractivity (Wildman–Crippen MR) is 49.2 cm³/mol. The Hall–Kier alpha value is -1.44. The average Bonchev–Trinajstić information content (AvgIpc) is 2.16. The van der Waals surface area contributed by atoms with Crippen molar-refractivity contribution in [2.24, 2.45) is 5.73 Å². The Balaban J connectivity index is 2.44. The number of hydrogen-bond acceptors (Lipinski definition) is 2. The topological polar surface area (TPSA) is 35.2 Å². The summed E-state index contributed by atoms with van der Waals surface area (Å²) in [5.41, 5.74) is 6.59. The fourth-order valence-electron chi connectivity index (χ4n) is 0.824. The molecule has 12 heavy (non-hydrogen) atoms. The summed E-state index contributed by atoms with van der Waals surface area (Å²) in [6.45, 7) is 2.39. The predicted octanol–water partition coefficient (Wildman–Crippen LogP) is 2.02. The zero-order valence-corrected chi connectivity index (χ0v) is 7.16. The lowest BCUT2D eigenvalue weighted by molar-refractivity contribution is 0.195. The molecule has 2 N–H and O–H groups in total. The highest BCUT2D eigenvalue weighted by atomic mass is 16.5. The number of allylic oxidation sites excluding steroid dienone is 1. The highest BCUT2D eigenvalue weighted by Gasteiger charge is 1.91. The van der Waals surface area contributed by atoms with Gasteiger partial charge in [0.05, 0.1) is 0 Å². The zero-order chi connectivity index (χ0) is 8.81. The van der Waals surface area contributed by atoms with E-state index in [1.54, 1.807) is 6.08 Å². The number of hydrogen-bond donors (Lipinski definition) is 1. The van der Waals surface area contributed by atoms with Crippen molar-refractivity contribution in [3.63, 3.8) is 0 Å². The van der Waals surface area contributed by atoms with Gasteiger partial charge in [0.25, 0.3) is 0 Å². The lowest BCUT2D eigenvalue weighted by Crippen LogP contribution is -2.01. The maximum absolute atomic E-state index is 5.46. The van der Waals surface area contributed by atoms with Crippen LogP contribution in [-0.2, 0) is 11.3 Å². The van der Waals surface area contributed by atoms with Gasteiger partial charge in [0.2, 0.25) is 0 Å². The van der Waals surface area contributed by atoms with Gasteiger partial charge in [-0.05, 0) is 18.6 Å². The molecule has 0 fully saturated rings. The summed E-state index contributed by atoms with van der Waals surface area (Å²) >= 11 is 0. The molecule has 0 unspecified atom stereocenters. The maximum atomic E-state index is 5.46. The van der Waals surface area contributed by atoms with Gasteiger partial charge in [-0.15, -0.1) is 0 Å². The molecule has 1 aromatic rings. The van der Waals surface area contributed by atoms with Crippen LogP contribution in [0.2, 0.25) is 0 Å². The average molecular weight is 163 g/mol. The second-order valence-corrected chi connectivity index (χ2v) is 2.47. The molecule has 0 aliphatic heterocycles. The van der Waals surface area contributed by atoms with Crippen molar-refractivity contribution in [1.29, 1.82) is 0 Å². The minimum Gasteiger partial charge on any atom is -0.475 e. The van der Waals surface area contributed by atoms with Gasteiger partial charge in [0.1, 0.15) is 6.61 Å². The second kappa shape index (κ2) is 4.44. The van der Waals surface area contributed by atoms with Crippen LogP contribution in [0.4, 0.5) is 0 Å². The first-order valence-corrected chi connectivity index (χ1v) is 3.91. The van der Waals surface area contributed by atoms with E-state index in [4.69, 9.17) is 10.5 Å². The van der Waals surface area contributed by atoms with Crippen LogP contribution >= 0.6 is 0 Å². The molecule has 2 heteroatoms. The molecule has 1 aromatic carbocycles. The quantitative estimate of drug-likeness (QED) is 0.692. The van der Waals surface area contributed by atoms with Gasteiger partial charge >= 0.3 is 0 Å². The zero-order valence-electron chi connectivity index (χ0n) is 7.16. The monoisotopic (exact) mass is 163 g/mol. The summed E-state index contributed by atoms with van der Waals surface area (Å²) in [5, 5.41) is 0.